The third-order valence-corrected chi connectivity index (χ3v) is 2.26. The van der Waals surface area contributed by atoms with Gasteiger partial charge in [0.1, 0.15) is 6.04 Å². The molecule has 1 aromatic carbocycles. The van der Waals surface area contributed by atoms with Crippen LogP contribution in [0.2, 0.25) is 0 Å². The summed E-state index contributed by atoms with van der Waals surface area (Å²) < 4.78 is 0. The van der Waals surface area contributed by atoms with Gasteiger partial charge in [0.25, 0.3) is 0 Å². The summed E-state index contributed by atoms with van der Waals surface area (Å²) in [6, 6.07) is 6.60. The lowest BCUT2D eigenvalue weighted by Crippen LogP contribution is -2.32. The van der Waals surface area contributed by atoms with Crippen LogP contribution in [0.4, 0.5) is 0 Å². The number of nitrogens with two attached hydrogens (primary N) is 1. The summed E-state index contributed by atoms with van der Waals surface area (Å²) in [5, 5.41) is 8.60. The van der Waals surface area contributed by atoms with Crippen molar-refractivity contribution in [3.8, 4) is 0 Å². The summed E-state index contributed by atoms with van der Waals surface area (Å²) in [7, 11) is 0. The van der Waals surface area contributed by atoms with Gasteiger partial charge in [-0.25, -0.2) is 0 Å². The van der Waals surface area contributed by atoms with Crippen molar-refractivity contribution in [3.63, 3.8) is 0 Å². The highest BCUT2D eigenvalue weighted by molar-refractivity contribution is 6.17. The van der Waals surface area contributed by atoms with Crippen LogP contribution in [0.3, 0.4) is 0 Å². The number of hydrogen-bond acceptors (Lipinski definition) is 2. The summed E-state index contributed by atoms with van der Waals surface area (Å²) in [6.07, 6.45) is 0.345. The summed E-state index contributed by atoms with van der Waals surface area (Å²) in [5.74, 6) is -0.517. The maximum absolute atomic E-state index is 10.5. The van der Waals surface area contributed by atoms with E-state index in [9.17, 15) is 4.79 Å². The van der Waals surface area contributed by atoms with Crippen molar-refractivity contribution in [2.75, 3.05) is 0 Å². The van der Waals surface area contributed by atoms with Gasteiger partial charge in [0.2, 0.25) is 0 Å². The third-order valence-electron chi connectivity index (χ3n) is 1.95. The number of benzene rings is 1. The summed E-state index contributed by atoms with van der Waals surface area (Å²) in [6.45, 7) is 0. The quantitative estimate of drug-likeness (QED) is 0.801. The molecule has 0 aliphatic carbocycles. The number of alkyl halides is 1. The number of hydrogen-bond donors (Lipinski definition) is 2. The Morgan fingerprint density at radius 3 is 2.20 bits per heavy atom. The molecule has 84 valence electrons. The Kier molecular flexibility index (Phi) is 6.32. The largest absolute Gasteiger partial charge is 0.480 e. The second-order valence-electron chi connectivity index (χ2n) is 3.10. The first-order valence-corrected chi connectivity index (χ1v) is 4.79. The van der Waals surface area contributed by atoms with Crippen molar-refractivity contribution in [1.82, 2.24) is 0 Å². The molecule has 0 saturated heterocycles. The van der Waals surface area contributed by atoms with E-state index in [2.05, 4.69) is 0 Å². The normalized spacial score (nSPS) is 11.6. The van der Waals surface area contributed by atoms with Crippen molar-refractivity contribution in [3.05, 3.63) is 35.4 Å². The fourth-order valence-corrected chi connectivity index (χ4v) is 1.28. The van der Waals surface area contributed by atoms with E-state index >= 15 is 0 Å². The van der Waals surface area contributed by atoms with E-state index in [1.165, 1.54) is 0 Å². The van der Waals surface area contributed by atoms with Crippen LogP contribution < -0.4 is 5.73 Å². The predicted molar refractivity (Wildman–Crippen MR) is 62.6 cm³/mol. The molecule has 0 amide bonds. The number of rotatable bonds is 4. The predicted octanol–water partition coefficient (Wildman–Crippen LogP) is 1.80. The van der Waals surface area contributed by atoms with E-state index in [0.29, 0.717) is 12.3 Å². The second kappa shape index (κ2) is 6.67. The lowest BCUT2D eigenvalue weighted by molar-refractivity contribution is -0.138. The zero-order chi connectivity index (χ0) is 10.6. The Hall–Kier alpha value is -0.770. The van der Waals surface area contributed by atoms with Crippen LogP contribution in [0, 0.1) is 0 Å². The van der Waals surface area contributed by atoms with E-state index < -0.39 is 12.0 Å². The van der Waals surface area contributed by atoms with Crippen molar-refractivity contribution < 1.29 is 9.90 Å². The summed E-state index contributed by atoms with van der Waals surface area (Å²) >= 11 is 5.62. The van der Waals surface area contributed by atoms with Crippen LogP contribution >= 0.6 is 24.0 Å². The maximum atomic E-state index is 10.5. The molecule has 0 aromatic heterocycles. The maximum Gasteiger partial charge on any atom is 0.320 e. The van der Waals surface area contributed by atoms with Crippen molar-refractivity contribution in [2.45, 2.75) is 18.3 Å². The first kappa shape index (κ1) is 14.2. The molecule has 1 atom stereocenters. The van der Waals surface area contributed by atoms with Gasteiger partial charge in [-0.05, 0) is 17.5 Å². The molecule has 0 aliphatic rings. The smallest absolute Gasteiger partial charge is 0.320 e. The number of halogens is 2. The van der Waals surface area contributed by atoms with Gasteiger partial charge in [-0.1, -0.05) is 24.3 Å². The third kappa shape index (κ3) is 4.51. The molecule has 5 heteroatoms. The Morgan fingerprint density at radius 2 is 1.80 bits per heavy atom. The average molecular weight is 250 g/mol. The van der Waals surface area contributed by atoms with Gasteiger partial charge in [-0.15, -0.1) is 24.0 Å². The van der Waals surface area contributed by atoms with Gasteiger partial charge >= 0.3 is 5.97 Å². The summed E-state index contributed by atoms with van der Waals surface area (Å²) in [4.78, 5) is 10.5. The van der Waals surface area contributed by atoms with Crippen LogP contribution in [0.1, 0.15) is 11.1 Å². The van der Waals surface area contributed by atoms with Crippen LogP contribution in [0.25, 0.3) is 0 Å². The molecule has 15 heavy (non-hydrogen) atoms. The highest BCUT2D eigenvalue weighted by Gasteiger charge is 2.11. The molecule has 0 radical (unpaired) electrons. The number of carboxylic acids is 1. The number of aliphatic carboxylic acids is 1. The van der Waals surface area contributed by atoms with Crippen molar-refractivity contribution in [2.24, 2.45) is 5.73 Å². The molecule has 0 bridgehead atoms. The first-order chi connectivity index (χ1) is 6.63. The van der Waals surface area contributed by atoms with E-state index in [1.807, 2.05) is 24.3 Å². The Balaban J connectivity index is 0.00000196. The monoisotopic (exact) mass is 249 g/mol. The van der Waals surface area contributed by atoms with Crippen molar-refractivity contribution in [1.29, 1.82) is 0 Å². The number of carbonyl (C=O) groups is 1. The van der Waals surface area contributed by atoms with Crippen LogP contribution in [0.15, 0.2) is 24.3 Å². The number of carboxylic acid groups (broad SMARTS) is 1. The van der Waals surface area contributed by atoms with Gasteiger partial charge in [-0.2, -0.15) is 0 Å². The van der Waals surface area contributed by atoms with E-state index in [-0.39, 0.29) is 12.4 Å². The molecule has 0 fully saturated rings. The minimum atomic E-state index is -0.980. The SMILES string of the molecule is Cl.N[C@@H](Cc1ccc(CCl)cc1)C(=O)O. The zero-order valence-corrected chi connectivity index (χ0v) is 9.59. The first-order valence-electron chi connectivity index (χ1n) is 4.25. The Morgan fingerprint density at radius 1 is 1.33 bits per heavy atom. The van der Waals surface area contributed by atoms with Gasteiger partial charge in [0.15, 0.2) is 0 Å². The minimum absolute atomic E-state index is 0. The Labute approximate surface area is 99.6 Å². The highest BCUT2D eigenvalue weighted by atomic mass is 35.5. The molecule has 3 N–H and O–H groups in total. The molecule has 0 heterocycles. The molecule has 0 saturated carbocycles. The Bertz CT molecular complexity index is 314. The molecule has 0 unspecified atom stereocenters. The van der Waals surface area contributed by atoms with Crippen molar-refractivity contribution >= 4 is 30.0 Å². The van der Waals surface area contributed by atoms with E-state index in [4.69, 9.17) is 22.4 Å². The van der Waals surface area contributed by atoms with E-state index in [1.54, 1.807) is 0 Å². The van der Waals surface area contributed by atoms with Crippen LogP contribution in [-0.2, 0) is 17.1 Å². The van der Waals surface area contributed by atoms with Gasteiger partial charge in [-0.3, -0.25) is 4.79 Å². The molecule has 1 rings (SSSR count). The zero-order valence-electron chi connectivity index (χ0n) is 8.02. The molecule has 0 aliphatic heterocycles. The molecule has 1 aromatic rings. The lowest BCUT2D eigenvalue weighted by Gasteiger charge is -2.06. The molecule has 3 nitrogen and oxygen atoms in total. The van der Waals surface area contributed by atoms with Gasteiger partial charge in [0, 0.05) is 5.88 Å². The standard InChI is InChI=1S/C10H12ClNO2.ClH/c11-6-8-3-1-7(2-4-8)5-9(12)10(13)14;/h1-4,9H,5-6,12H2,(H,13,14);1H/t9-;/m0./s1. The van der Waals surface area contributed by atoms with Crippen LogP contribution in [0.5, 0.6) is 0 Å². The topological polar surface area (TPSA) is 63.3 Å². The van der Waals surface area contributed by atoms with Gasteiger partial charge < -0.3 is 10.8 Å². The van der Waals surface area contributed by atoms with E-state index in [0.717, 1.165) is 11.1 Å². The fourth-order valence-electron chi connectivity index (χ4n) is 1.11. The lowest BCUT2D eigenvalue weighted by atomic mass is 10.1. The molecular formula is C10H13Cl2NO2. The highest BCUT2D eigenvalue weighted by Crippen LogP contribution is 2.08. The van der Waals surface area contributed by atoms with Gasteiger partial charge in [0.05, 0.1) is 0 Å². The average Bonchev–Trinajstić information content (AvgIpc) is 2.19. The molecular weight excluding hydrogens is 237 g/mol. The van der Waals surface area contributed by atoms with Crippen LogP contribution in [-0.4, -0.2) is 17.1 Å². The second-order valence-corrected chi connectivity index (χ2v) is 3.37. The minimum Gasteiger partial charge on any atom is -0.480 e. The molecule has 0 spiro atoms. The summed E-state index contributed by atoms with van der Waals surface area (Å²) in [5.41, 5.74) is 7.32. The fraction of sp³-hybridized carbons (Fsp3) is 0.300.